The third kappa shape index (κ3) is 5.11. The first-order valence-corrected chi connectivity index (χ1v) is 15.5. The molecule has 1 aromatic heterocycles. The van der Waals surface area contributed by atoms with Crippen molar-refractivity contribution < 1.29 is 19.1 Å². The number of amides is 2. The van der Waals surface area contributed by atoms with Gasteiger partial charge in [0.1, 0.15) is 17.0 Å². The highest BCUT2D eigenvalue weighted by Crippen LogP contribution is 2.50. The van der Waals surface area contributed by atoms with E-state index in [2.05, 4.69) is 16.0 Å². The van der Waals surface area contributed by atoms with Crippen LogP contribution in [-0.4, -0.2) is 43.3 Å². The van der Waals surface area contributed by atoms with Crippen LogP contribution >= 0.6 is 11.3 Å². The number of hydrogen-bond donors (Lipinski definition) is 6. The van der Waals surface area contributed by atoms with Gasteiger partial charge in [-0.15, -0.1) is 11.3 Å². The zero-order chi connectivity index (χ0) is 31.2. The minimum atomic E-state index is -1.56. The van der Waals surface area contributed by atoms with Crippen molar-refractivity contribution in [1.82, 2.24) is 16.0 Å². The van der Waals surface area contributed by atoms with E-state index in [9.17, 15) is 14.4 Å². The number of anilines is 1. The summed E-state index contributed by atoms with van der Waals surface area (Å²) < 4.78 is 6.67. The van der Waals surface area contributed by atoms with Crippen molar-refractivity contribution in [2.45, 2.75) is 49.9 Å². The normalized spacial score (nSPS) is 22.6. The van der Waals surface area contributed by atoms with Crippen LogP contribution in [-0.2, 0) is 15.1 Å². The van der Waals surface area contributed by atoms with Crippen LogP contribution < -0.4 is 37.9 Å². The fourth-order valence-electron chi connectivity index (χ4n) is 6.53. The Balaban J connectivity index is 1.33. The number of aryl methyl sites for hydroxylation is 1. The lowest BCUT2D eigenvalue weighted by Gasteiger charge is -2.37. The summed E-state index contributed by atoms with van der Waals surface area (Å²) in [7, 11) is 1.72. The Morgan fingerprint density at radius 1 is 1.00 bits per heavy atom. The molecule has 3 aromatic carbocycles. The van der Waals surface area contributed by atoms with E-state index < -0.39 is 17.4 Å². The molecular formula is C33H36N6O4S. The SMILES string of the molecule is CNCC(=O)N[C@@H]1CC[C@@H](NC(=O)c2sc3c(N)ccc4c3c2C(N)C(=O)C4(N)c2ccc(Oc3ccccc3)cc2C)C1. The average Bonchev–Trinajstić information content (AvgIpc) is 3.61. The fraction of sp³-hybridized carbons (Fsp3) is 0.303. The minimum Gasteiger partial charge on any atom is -0.457 e. The fourth-order valence-corrected chi connectivity index (χ4v) is 7.73. The molecule has 44 heavy (non-hydrogen) atoms. The van der Waals surface area contributed by atoms with Gasteiger partial charge < -0.3 is 37.9 Å². The van der Waals surface area contributed by atoms with Crippen molar-refractivity contribution in [3.8, 4) is 11.5 Å². The lowest BCUT2D eigenvalue weighted by atomic mass is 9.69. The second-order valence-electron chi connectivity index (χ2n) is 11.6. The van der Waals surface area contributed by atoms with Crippen molar-refractivity contribution in [3.63, 3.8) is 0 Å². The van der Waals surface area contributed by atoms with Crippen molar-refractivity contribution >= 4 is 44.7 Å². The van der Waals surface area contributed by atoms with Gasteiger partial charge in [0.05, 0.1) is 22.2 Å². The highest BCUT2D eigenvalue weighted by atomic mass is 32.1. The highest BCUT2D eigenvalue weighted by molar-refractivity contribution is 7.21. The minimum absolute atomic E-state index is 0.0152. The topological polar surface area (TPSA) is 175 Å². The predicted molar refractivity (Wildman–Crippen MR) is 172 cm³/mol. The second-order valence-corrected chi connectivity index (χ2v) is 12.6. The molecule has 0 aliphatic heterocycles. The molecule has 6 rings (SSSR count). The number of para-hydroxylation sites is 1. The van der Waals surface area contributed by atoms with Crippen LogP contribution in [0, 0.1) is 6.92 Å². The van der Waals surface area contributed by atoms with Crippen molar-refractivity contribution in [1.29, 1.82) is 0 Å². The predicted octanol–water partition coefficient (Wildman–Crippen LogP) is 3.36. The number of nitrogen functional groups attached to an aromatic ring is 1. The maximum absolute atomic E-state index is 14.2. The number of thiophene rings is 1. The molecule has 0 saturated heterocycles. The number of hydrogen-bond acceptors (Lipinski definition) is 9. The smallest absolute Gasteiger partial charge is 0.261 e. The molecule has 0 spiro atoms. The quantitative estimate of drug-likeness (QED) is 0.164. The average molecular weight is 613 g/mol. The van der Waals surface area contributed by atoms with E-state index in [1.807, 2.05) is 43.3 Å². The van der Waals surface area contributed by atoms with Gasteiger partial charge in [0.2, 0.25) is 5.91 Å². The first kappa shape index (κ1) is 29.8. The molecule has 2 aliphatic carbocycles. The van der Waals surface area contributed by atoms with Gasteiger partial charge in [-0.05, 0) is 80.3 Å². The Morgan fingerprint density at radius 3 is 2.41 bits per heavy atom. The van der Waals surface area contributed by atoms with E-state index in [-0.39, 0.29) is 30.4 Å². The van der Waals surface area contributed by atoms with Crippen LogP contribution in [0.5, 0.6) is 11.5 Å². The Hall–Kier alpha value is -4.29. The summed E-state index contributed by atoms with van der Waals surface area (Å²) >= 11 is 1.23. The van der Waals surface area contributed by atoms with Gasteiger partial charge in [0.25, 0.3) is 5.91 Å². The second kappa shape index (κ2) is 11.7. The van der Waals surface area contributed by atoms with Crippen LogP contribution in [0.2, 0.25) is 0 Å². The lowest BCUT2D eigenvalue weighted by molar-refractivity contribution is -0.124. The molecular weight excluding hydrogens is 576 g/mol. The lowest BCUT2D eigenvalue weighted by Crippen LogP contribution is -2.53. The third-order valence-corrected chi connectivity index (χ3v) is 9.84. The number of ether oxygens (including phenoxy) is 1. The summed E-state index contributed by atoms with van der Waals surface area (Å²) in [6, 6.07) is 17.1. The Morgan fingerprint density at radius 2 is 1.70 bits per heavy atom. The highest BCUT2D eigenvalue weighted by Gasteiger charge is 2.49. The van der Waals surface area contributed by atoms with Gasteiger partial charge in [0.15, 0.2) is 5.78 Å². The van der Waals surface area contributed by atoms with E-state index in [0.717, 1.165) is 18.4 Å². The molecule has 0 radical (unpaired) electrons. The number of Topliss-reactive ketones (excluding diaryl/α,β-unsaturated/α-hetero) is 1. The molecule has 2 amide bonds. The first-order chi connectivity index (χ1) is 21.1. The molecule has 9 N–H and O–H groups in total. The van der Waals surface area contributed by atoms with Gasteiger partial charge in [-0.25, -0.2) is 0 Å². The number of nitrogens with two attached hydrogens (primary N) is 3. The van der Waals surface area contributed by atoms with Crippen molar-refractivity contribution in [2.24, 2.45) is 11.5 Å². The molecule has 1 saturated carbocycles. The third-order valence-electron chi connectivity index (χ3n) is 8.59. The Labute approximate surface area is 259 Å². The Kier molecular flexibility index (Phi) is 7.89. The zero-order valence-electron chi connectivity index (χ0n) is 24.6. The van der Waals surface area contributed by atoms with Gasteiger partial charge in [-0.2, -0.15) is 0 Å². The van der Waals surface area contributed by atoms with Crippen molar-refractivity contribution in [3.05, 3.63) is 87.8 Å². The van der Waals surface area contributed by atoms with Crippen LogP contribution in [0.1, 0.15) is 57.2 Å². The standard InChI is InChI=1S/C33H36N6O4S/c1-17-14-21(43-20-6-4-3-5-7-20)10-11-22(17)33(36)23-12-13-24(34)29-26(23)27(28(35)31(33)41)30(44-29)32(42)39-19-9-8-18(15-19)38-25(40)16-37-2/h3-7,10-14,18-19,28,37H,8-9,15-16,34-36H2,1-2H3,(H,38,40)(H,39,42)/t18-,19-,28?,33?/m1/s1. The largest absolute Gasteiger partial charge is 0.457 e. The summed E-state index contributed by atoms with van der Waals surface area (Å²) in [5, 5.41) is 9.59. The van der Waals surface area contributed by atoms with E-state index >= 15 is 0 Å². The monoisotopic (exact) mass is 612 g/mol. The van der Waals surface area contributed by atoms with Gasteiger partial charge in [-0.1, -0.05) is 30.3 Å². The van der Waals surface area contributed by atoms with Crippen LogP contribution in [0.15, 0.2) is 60.7 Å². The molecule has 10 nitrogen and oxygen atoms in total. The van der Waals surface area contributed by atoms with Crippen LogP contribution in [0.4, 0.5) is 5.69 Å². The molecule has 11 heteroatoms. The maximum atomic E-state index is 14.2. The number of carbonyl (C=O) groups is 3. The number of ketones is 1. The van der Waals surface area contributed by atoms with Gasteiger partial charge in [-0.3, -0.25) is 14.4 Å². The molecule has 4 aromatic rings. The molecule has 0 bridgehead atoms. The molecule has 1 fully saturated rings. The number of likely N-dealkylation sites (N-methyl/N-ethyl adjacent to an activating group) is 1. The van der Waals surface area contributed by atoms with Crippen LogP contribution in [0.3, 0.4) is 0 Å². The summed E-state index contributed by atoms with van der Waals surface area (Å²) in [5.41, 5.74) is 21.5. The van der Waals surface area contributed by atoms with Crippen molar-refractivity contribution in [2.75, 3.05) is 19.3 Å². The van der Waals surface area contributed by atoms with E-state index in [1.54, 1.807) is 31.3 Å². The number of nitrogens with one attached hydrogen (secondary N) is 3. The van der Waals surface area contributed by atoms with E-state index in [4.69, 9.17) is 21.9 Å². The summed E-state index contributed by atoms with van der Waals surface area (Å²) in [6.45, 7) is 2.12. The molecule has 2 aliphatic rings. The maximum Gasteiger partial charge on any atom is 0.261 e. The van der Waals surface area contributed by atoms with Gasteiger partial charge in [0, 0.05) is 28.7 Å². The molecule has 4 atom stereocenters. The Bertz CT molecular complexity index is 1770. The first-order valence-electron chi connectivity index (χ1n) is 14.6. The summed E-state index contributed by atoms with van der Waals surface area (Å²) in [5.74, 6) is 0.506. The molecule has 1 heterocycles. The summed E-state index contributed by atoms with van der Waals surface area (Å²) in [6.07, 6.45) is 2.11. The number of carbonyl (C=O) groups excluding carboxylic acids is 3. The van der Waals surface area contributed by atoms with E-state index in [0.29, 0.717) is 55.3 Å². The van der Waals surface area contributed by atoms with Gasteiger partial charge >= 0.3 is 0 Å². The zero-order valence-corrected chi connectivity index (χ0v) is 25.4. The van der Waals surface area contributed by atoms with E-state index in [1.165, 1.54) is 11.3 Å². The van der Waals surface area contributed by atoms with Crippen LogP contribution in [0.25, 0.3) is 10.1 Å². The number of rotatable bonds is 8. The number of benzene rings is 3. The summed E-state index contributed by atoms with van der Waals surface area (Å²) in [4.78, 5) is 40.3. The molecule has 228 valence electrons. The molecule has 2 unspecified atom stereocenters.